The summed E-state index contributed by atoms with van der Waals surface area (Å²) in [7, 11) is 0. The number of oxazole rings is 1. The van der Waals surface area contributed by atoms with E-state index in [9.17, 15) is 4.79 Å². The van der Waals surface area contributed by atoms with Gasteiger partial charge in [0.2, 0.25) is 0 Å². The summed E-state index contributed by atoms with van der Waals surface area (Å²) in [5.41, 5.74) is 7.44. The molecule has 2 heterocycles. The average molecular weight is 386 g/mol. The van der Waals surface area contributed by atoms with Crippen molar-refractivity contribution in [1.82, 2.24) is 15.0 Å². The number of nitrogens with two attached hydrogens (primary N) is 1. The van der Waals surface area contributed by atoms with Gasteiger partial charge < -0.3 is 15.1 Å². The van der Waals surface area contributed by atoms with E-state index in [0.717, 1.165) is 5.52 Å². The second-order valence-corrected chi connectivity index (χ2v) is 5.68. The smallest absolute Gasteiger partial charge is 0.265 e. The molecule has 0 aliphatic rings. The zero-order valence-corrected chi connectivity index (χ0v) is 12.4. The minimum Gasteiger partial charge on any atom is -0.431 e. The van der Waals surface area contributed by atoms with E-state index < -0.39 is 0 Å². The highest BCUT2D eigenvalue weighted by molar-refractivity contribution is 14.1. The number of rotatable bonds is 2. The molecule has 0 amide bonds. The van der Waals surface area contributed by atoms with Crippen molar-refractivity contribution in [3.8, 4) is 0 Å². The number of halogens is 1. The fourth-order valence-corrected chi connectivity index (χ4v) is 2.84. The van der Waals surface area contributed by atoms with Crippen LogP contribution in [0.15, 0.2) is 44.0 Å². The summed E-state index contributed by atoms with van der Waals surface area (Å²) < 4.78 is 6.07. The lowest BCUT2D eigenvalue weighted by atomic mass is 10.3. The number of fused-ring (bicyclic) bond motifs is 1. The average Bonchev–Trinajstić information content (AvgIpc) is 2.76. The minimum atomic E-state index is -0.182. The monoisotopic (exact) mass is 386 g/mol. The Bertz CT molecular complexity index is 814. The van der Waals surface area contributed by atoms with Crippen LogP contribution in [0.1, 0.15) is 0 Å². The fraction of sp³-hybridized carbons (Fsp3) is 0. The SMILES string of the molecule is Nc1ccc2nc(Sc3nc[nH]c(=O)c3I)oc2c1. The van der Waals surface area contributed by atoms with Crippen molar-refractivity contribution in [2.75, 3.05) is 5.73 Å². The maximum Gasteiger partial charge on any atom is 0.265 e. The van der Waals surface area contributed by atoms with Crippen molar-refractivity contribution in [2.45, 2.75) is 10.2 Å². The van der Waals surface area contributed by atoms with E-state index >= 15 is 0 Å². The molecular weight excluding hydrogens is 379 g/mol. The van der Waals surface area contributed by atoms with E-state index in [1.165, 1.54) is 18.1 Å². The third-order valence-corrected chi connectivity index (χ3v) is 4.56. The van der Waals surface area contributed by atoms with Gasteiger partial charge in [0.15, 0.2) is 5.58 Å². The van der Waals surface area contributed by atoms with Crippen LogP contribution in [0.3, 0.4) is 0 Å². The Labute approximate surface area is 125 Å². The first kappa shape index (κ1) is 12.5. The molecule has 6 nitrogen and oxygen atoms in total. The first-order chi connectivity index (χ1) is 9.13. The van der Waals surface area contributed by atoms with Gasteiger partial charge in [-0.25, -0.2) is 9.97 Å². The van der Waals surface area contributed by atoms with E-state index in [4.69, 9.17) is 10.2 Å². The molecule has 19 heavy (non-hydrogen) atoms. The van der Waals surface area contributed by atoms with Crippen molar-refractivity contribution in [1.29, 1.82) is 0 Å². The van der Waals surface area contributed by atoms with E-state index in [1.54, 1.807) is 18.2 Å². The molecule has 8 heteroatoms. The number of aromatic nitrogens is 3. The second-order valence-electron chi connectivity index (χ2n) is 3.66. The first-order valence-electron chi connectivity index (χ1n) is 5.20. The highest BCUT2D eigenvalue weighted by Crippen LogP contribution is 2.30. The summed E-state index contributed by atoms with van der Waals surface area (Å²) in [5, 5.41) is 0.987. The van der Waals surface area contributed by atoms with Crippen LogP contribution in [-0.2, 0) is 0 Å². The first-order valence-corrected chi connectivity index (χ1v) is 7.10. The molecule has 0 aliphatic carbocycles. The van der Waals surface area contributed by atoms with Crippen molar-refractivity contribution in [2.24, 2.45) is 0 Å². The van der Waals surface area contributed by atoms with E-state index in [0.29, 0.717) is 25.1 Å². The molecule has 96 valence electrons. The van der Waals surface area contributed by atoms with Crippen LogP contribution >= 0.6 is 34.4 Å². The normalized spacial score (nSPS) is 11.0. The Morgan fingerprint density at radius 3 is 3.11 bits per heavy atom. The van der Waals surface area contributed by atoms with Gasteiger partial charge in [0.25, 0.3) is 10.8 Å². The van der Waals surface area contributed by atoms with Crippen LogP contribution in [-0.4, -0.2) is 15.0 Å². The summed E-state index contributed by atoms with van der Waals surface area (Å²) >= 11 is 3.14. The summed E-state index contributed by atoms with van der Waals surface area (Å²) in [6.07, 6.45) is 1.35. The summed E-state index contributed by atoms with van der Waals surface area (Å²) in [4.78, 5) is 22.4. The molecule has 2 aromatic heterocycles. The quantitative estimate of drug-likeness (QED) is 0.398. The van der Waals surface area contributed by atoms with E-state index in [1.807, 2.05) is 22.6 Å². The predicted octanol–water partition coefficient (Wildman–Crippen LogP) is 2.25. The highest BCUT2D eigenvalue weighted by Gasteiger charge is 2.12. The number of anilines is 1. The summed E-state index contributed by atoms with van der Waals surface area (Å²) in [6, 6.07) is 5.26. The predicted molar refractivity (Wildman–Crippen MR) is 80.1 cm³/mol. The van der Waals surface area contributed by atoms with Gasteiger partial charge in [0.1, 0.15) is 14.1 Å². The lowest BCUT2D eigenvalue weighted by molar-refractivity contribution is 0.489. The van der Waals surface area contributed by atoms with Gasteiger partial charge >= 0.3 is 0 Å². The Balaban J connectivity index is 2.01. The van der Waals surface area contributed by atoms with Crippen molar-refractivity contribution in [3.63, 3.8) is 0 Å². The zero-order valence-electron chi connectivity index (χ0n) is 9.38. The number of benzene rings is 1. The van der Waals surface area contributed by atoms with Gasteiger partial charge in [0.05, 0.1) is 6.33 Å². The van der Waals surface area contributed by atoms with Crippen LogP contribution in [0.4, 0.5) is 5.69 Å². The highest BCUT2D eigenvalue weighted by atomic mass is 127. The van der Waals surface area contributed by atoms with E-state index in [-0.39, 0.29) is 5.56 Å². The van der Waals surface area contributed by atoms with Gasteiger partial charge in [-0.1, -0.05) is 0 Å². The molecule has 0 bridgehead atoms. The Kier molecular flexibility index (Phi) is 3.19. The van der Waals surface area contributed by atoms with Crippen molar-refractivity contribution >= 4 is 51.1 Å². The van der Waals surface area contributed by atoms with Crippen molar-refractivity contribution < 1.29 is 4.42 Å². The third-order valence-electron chi connectivity index (χ3n) is 2.34. The molecule has 0 radical (unpaired) electrons. The largest absolute Gasteiger partial charge is 0.431 e. The lowest BCUT2D eigenvalue weighted by Crippen LogP contribution is -2.10. The maximum absolute atomic E-state index is 11.5. The molecule has 0 fully saturated rings. The molecule has 3 rings (SSSR count). The Morgan fingerprint density at radius 1 is 1.42 bits per heavy atom. The molecule has 0 unspecified atom stereocenters. The van der Waals surface area contributed by atoms with Gasteiger partial charge in [-0.05, 0) is 46.5 Å². The van der Waals surface area contributed by atoms with Crippen LogP contribution in [0.5, 0.6) is 0 Å². The molecule has 0 aliphatic heterocycles. The van der Waals surface area contributed by atoms with Gasteiger partial charge in [-0.2, -0.15) is 0 Å². The molecule has 1 aromatic carbocycles. The standard InChI is InChI=1S/C11H7IN4O2S/c12-8-9(17)14-4-15-10(8)19-11-16-6-2-1-5(13)3-7(6)18-11/h1-4H,13H2,(H,14,15,17). The summed E-state index contributed by atoms with van der Waals surface area (Å²) in [6.45, 7) is 0. The number of hydrogen-bond acceptors (Lipinski definition) is 6. The van der Waals surface area contributed by atoms with Gasteiger partial charge in [0, 0.05) is 11.8 Å². The number of nitrogens with one attached hydrogen (secondary N) is 1. The second kappa shape index (κ2) is 4.85. The third kappa shape index (κ3) is 2.45. The number of nitrogens with zero attached hydrogens (tertiary/aromatic N) is 2. The van der Waals surface area contributed by atoms with E-state index in [2.05, 4.69) is 15.0 Å². The number of nitrogen functional groups attached to an aromatic ring is 1. The van der Waals surface area contributed by atoms with Crippen molar-refractivity contribution in [3.05, 3.63) is 38.5 Å². The summed E-state index contributed by atoms with van der Waals surface area (Å²) in [5.74, 6) is 0. The van der Waals surface area contributed by atoms with Crippen LogP contribution in [0.25, 0.3) is 11.1 Å². The maximum atomic E-state index is 11.5. The van der Waals surface area contributed by atoms with Gasteiger partial charge in [-0.15, -0.1) is 0 Å². The minimum absolute atomic E-state index is 0.182. The zero-order chi connectivity index (χ0) is 13.4. The van der Waals surface area contributed by atoms with Crippen LogP contribution < -0.4 is 11.3 Å². The number of H-pyrrole nitrogens is 1. The molecular formula is C11H7IN4O2S. The van der Waals surface area contributed by atoms with Crippen LogP contribution in [0.2, 0.25) is 0 Å². The lowest BCUT2D eigenvalue weighted by Gasteiger charge is -1.97. The molecule has 0 saturated carbocycles. The number of hydrogen-bond donors (Lipinski definition) is 2. The van der Waals surface area contributed by atoms with Gasteiger partial charge in [-0.3, -0.25) is 4.79 Å². The topological polar surface area (TPSA) is 97.8 Å². The number of aromatic amines is 1. The molecule has 0 saturated heterocycles. The molecule has 3 N–H and O–H groups in total. The van der Waals surface area contributed by atoms with Crippen LogP contribution in [0, 0.1) is 3.57 Å². The molecule has 0 atom stereocenters. The Hall–Kier alpha value is -1.55. The fourth-order valence-electron chi connectivity index (χ4n) is 1.48. The molecule has 0 spiro atoms. The molecule has 3 aromatic rings. The Morgan fingerprint density at radius 2 is 2.26 bits per heavy atom.